The van der Waals surface area contributed by atoms with Gasteiger partial charge < -0.3 is 10.1 Å². The molecule has 2 aliphatic rings. The van der Waals surface area contributed by atoms with Gasteiger partial charge in [-0.2, -0.15) is 4.31 Å². The molecule has 5 rings (SSSR count). The van der Waals surface area contributed by atoms with Gasteiger partial charge in [0.15, 0.2) is 0 Å². The predicted octanol–water partition coefficient (Wildman–Crippen LogP) is 1.99. The Bertz CT molecular complexity index is 1390. The molecule has 0 radical (unpaired) electrons. The van der Waals surface area contributed by atoms with Crippen molar-refractivity contribution < 1.29 is 17.9 Å². The minimum Gasteiger partial charge on any atom is -0.379 e. The molecule has 2 aliphatic heterocycles. The number of ether oxygens (including phenoxy) is 1. The summed E-state index contributed by atoms with van der Waals surface area (Å²) in [5.41, 5.74) is 0.863. The highest BCUT2D eigenvalue weighted by Crippen LogP contribution is 2.29. The van der Waals surface area contributed by atoms with E-state index in [4.69, 9.17) is 4.74 Å². The van der Waals surface area contributed by atoms with Crippen molar-refractivity contribution in [3.8, 4) is 0 Å². The Morgan fingerprint density at radius 1 is 1.22 bits per heavy atom. The molecular formula is C21H22N4O5S2. The van der Waals surface area contributed by atoms with Crippen LogP contribution in [-0.2, 0) is 27.7 Å². The van der Waals surface area contributed by atoms with Crippen LogP contribution in [0.5, 0.6) is 0 Å². The first-order valence-electron chi connectivity index (χ1n) is 10.4. The van der Waals surface area contributed by atoms with Crippen LogP contribution in [0.3, 0.4) is 0 Å². The fraction of sp³-hybridized carbons (Fsp3) is 0.381. The Morgan fingerprint density at radius 2 is 2.00 bits per heavy atom. The highest BCUT2D eigenvalue weighted by atomic mass is 32.2. The van der Waals surface area contributed by atoms with E-state index in [1.54, 1.807) is 23.6 Å². The first-order valence-corrected chi connectivity index (χ1v) is 12.6. The highest BCUT2D eigenvalue weighted by Gasteiger charge is 2.27. The first kappa shape index (κ1) is 21.3. The molecular weight excluding hydrogens is 452 g/mol. The van der Waals surface area contributed by atoms with Gasteiger partial charge in [0.25, 0.3) is 11.5 Å². The minimum absolute atomic E-state index is 0.103. The second-order valence-corrected chi connectivity index (χ2v) is 10.8. The number of nitrogens with zero attached hydrogens (tertiary/aromatic N) is 3. The SMILES string of the molecule is Cc1c(C(=O)Nc2cccc(S(=O)(=O)N3CCOCC3)c2)sc2nc3n(c(=O)c12)CCC3. The highest BCUT2D eigenvalue weighted by molar-refractivity contribution is 7.89. The van der Waals surface area contributed by atoms with E-state index in [1.807, 2.05) is 0 Å². The minimum atomic E-state index is -3.67. The summed E-state index contributed by atoms with van der Waals surface area (Å²) in [4.78, 5) is 31.5. The van der Waals surface area contributed by atoms with Crippen molar-refractivity contribution >= 4 is 43.2 Å². The zero-order chi connectivity index (χ0) is 22.5. The lowest BCUT2D eigenvalue weighted by Gasteiger charge is -2.26. The number of nitrogens with one attached hydrogen (secondary N) is 1. The summed E-state index contributed by atoms with van der Waals surface area (Å²) in [5.74, 6) is 0.368. The van der Waals surface area contributed by atoms with Crippen LogP contribution < -0.4 is 10.9 Å². The number of sulfonamides is 1. The van der Waals surface area contributed by atoms with Gasteiger partial charge in [0, 0.05) is 31.7 Å². The van der Waals surface area contributed by atoms with Crippen molar-refractivity contribution in [3.63, 3.8) is 0 Å². The normalized spacial score (nSPS) is 16.9. The van der Waals surface area contributed by atoms with Crippen molar-refractivity contribution in [1.29, 1.82) is 0 Å². The zero-order valence-corrected chi connectivity index (χ0v) is 19.1. The molecule has 0 saturated carbocycles. The summed E-state index contributed by atoms with van der Waals surface area (Å²) in [6.07, 6.45) is 1.66. The molecule has 32 heavy (non-hydrogen) atoms. The smallest absolute Gasteiger partial charge is 0.266 e. The maximum absolute atomic E-state index is 13.0. The third-order valence-corrected chi connectivity index (χ3v) is 8.90. The summed E-state index contributed by atoms with van der Waals surface area (Å²) in [6.45, 7) is 3.71. The Kier molecular flexibility index (Phi) is 5.36. The van der Waals surface area contributed by atoms with E-state index in [0.717, 1.165) is 18.7 Å². The zero-order valence-electron chi connectivity index (χ0n) is 17.5. The van der Waals surface area contributed by atoms with E-state index in [9.17, 15) is 18.0 Å². The number of anilines is 1. The molecule has 9 nitrogen and oxygen atoms in total. The van der Waals surface area contributed by atoms with Crippen LogP contribution in [0.2, 0.25) is 0 Å². The topological polar surface area (TPSA) is 111 Å². The molecule has 0 unspecified atom stereocenters. The summed E-state index contributed by atoms with van der Waals surface area (Å²) in [5, 5.41) is 3.26. The average molecular weight is 475 g/mol. The van der Waals surface area contributed by atoms with Gasteiger partial charge in [-0.05, 0) is 37.1 Å². The molecule has 168 valence electrons. The lowest BCUT2D eigenvalue weighted by Crippen LogP contribution is -2.40. The monoisotopic (exact) mass is 474 g/mol. The predicted molar refractivity (Wildman–Crippen MR) is 121 cm³/mol. The fourth-order valence-corrected chi connectivity index (χ4v) is 6.69. The molecule has 1 amide bonds. The number of morpholine rings is 1. The number of amides is 1. The van der Waals surface area contributed by atoms with Crippen molar-refractivity contribution in [2.45, 2.75) is 31.2 Å². The van der Waals surface area contributed by atoms with E-state index in [-0.39, 0.29) is 10.5 Å². The van der Waals surface area contributed by atoms with E-state index >= 15 is 0 Å². The van der Waals surface area contributed by atoms with Crippen LogP contribution in [0.25, 0.3) is 10.2 Å². The number of rotatable bonds is 4. The quantitative estimate of drug-likeness (QED) is 0.619. The molecule has 0 aliphatic carbocycles. The van der Waals surface area contributed by atoms with Crippen LogP contribution in [0.4, 0.5) is 5.69 Å². The van der Waals surface area contributed by atoms with E-state index in [1.165, 1.54) is 27.8 Å². The van der Waals surface area contributed by atoms with Crippen LogP contribution >= 0.6 is 11.3 Å². The molecule has 3 aromatic rings. The second kappa shape index (κ2) is 8.07. The standard InChI is InChI=1S/C21H22N4O5S2/c1-13-17-20(23-16-6-3-7-25(16)21(17)27)31-18(13)19(26)22-14-4-2-5-15(12-14)32(28,29)24-8-10-30-11-9-24/h2,4-5,12H,3,6-11H2,1H3,(H,22,26). The lowest BCUT2D eigenvalue weighted by atomic mass is 10.2. The number of hydrogen-bond acceptors (Lipinski definition) is 7. The summed E-state index contributed by atoms with van der Waals surface area (Å²) >= 11 is 1.19. The summed E-state index contributed by atoms with van der Waals surface area (Å²) in [6, 6.07) is 6.20. The Labute approximate surface area is 188 Å². The molecule has 11 heteroatoms. The number of fused-ring (bicyclic) bond motifs is 2. The van der Waals surface area contributed by atoms with E-state index in [2.05, 4.69) is 10.3 Å². The number of carbonyl (C=O) groups is 1. The summed E-state index contributed by atoms with van der Waals surface area (Å²) in [7, 11) is -3.67. The van der Waals surface area contributed by atoms with Gasteiger partial charge in [-0.25, -0.2) is 13.4 Å². The second-order valence-electron chi connectivity index (χ2n) is 7.82. The largest absolute Gasteiger partial charge is 0.379 e. The van der Waals surface area contributed by atoms with Gasteiger partial charge in [-0.15, -0.1) is 11.3 Å². The van der Waals surface area contributed by atoms with E-state index in [0.29, 0.717) is 59.2 Å². The van der Waals surface area contributed by atoms with Gasteiger partial charge in [0.2, 0.25) is 10.0 Å². The van der Waals surface area contributed by atoms with Gasteiger partial charge in [-0.3, -0.25) is 14.2 Å². The fourth-order valence-electron chi connectivity index (χ4n) is 4.15. The third kappa shape index (κ3) is 3.54. The van der Waals surface area contributed by atoms with Crippen LogP contribution in [0, 0.1) is 6.92 Å². The van der Waals surface area contributed by atoms with E-state index < -0.39 is 15.9 Å². The summed E-state index contributed by atoms with van der Waals surface area (Å²) < 4.78 is 34.1. The molecule has 0 bridgehead atoms. The van der Waals surface area contributed by atoms with Gasteiger partial charge in [0.05, 0.1) is 28.4 Å². The maximum Gasteiger partial charge on any atom is 0.266 e. The Hall–Kier alpha value is -2.60. The van der Waals surface area contributed by atoms with Gasteiger partial charge in [0.1, 0.15) is 10.7 Å². The first-order chi connectivity index (χ1) is 15.4. The number of aromatic nitrogens is 2. The molecule has 1 saturated heterocycles. The Morgan fingerprint density at radius 3 is 2.78 bits per heavy atom. The molecule has 1 aromatic carbocycles. The van der Waals surface area contributed by atoms with Gasteiger partial charge >= 0.3 is 0 Å². The van der Waals surface area contributed by atoms with Crippen LogP contribution in [-0.4, -0.2) is 54.5 Å². The molecule has 4 heterocycles. The van der Waals surface area contributed by atoms with Crippen LogP contribution in [0.15, 0.2) is 34.0 Å². The van der Waals surface area contributed by atoms with Crippen molar-refractivity contribution in [1.82, 2.24) is 13.9 Å². The molecule has 0 spiro atoms. The molecule has 1 fully saturated rings. The average Bonchev–Trinajstić information content (AvgIpc) is 3.39. The number of carbonyl (C=O) groups excluding carboxylic acids is 1. The van der Waals surface area contributed by atoms with Gasteiger partial charge in [-0.1, -0.05) is 6.07 Å². The van der Waals surface area contributed by atoms with Crippen molar-refractivity contribution in [3.05, 3.63) is 50.9 Å². The number of benzene rings is 1. The number of aryl methyl sites for hydroxylation is 2. The number of thiophene rings is 1. The third-order valence-electron chi connectivity index (χ3n) is 5.82. The molecule has 0 atom stereocenters. The van der Waals surface area contributed by atoms with Crippen LogP contribution in [0.1, 0.15) is 27.5 Å². The van der Waals surface area contributed by atoms with Crippen molar-refractivity contribution in [2.75, 3.05) is 31.6 Å². The van der Waals surface area contributed by atoms with Crippen molar-refractivity contribution in [2.24, 2.45) is 0 Å². The molecule has 1 N–H and O–H groups in total. The Balaban J connectivity index is 1.44. The number of hydrogen-bond donors (Lipinski definition) is 1. The lowest BCUT2D eigenvalue weighted by molar-refractivity contribution is 0.0730. The molecule has 2 aromatic heterocycles. The maximum atomic E-state index is 13.0.